The number of carbonyl (C=O) groups excluding carboxylic acids is 1. The minimum atomic E-state index is -0.0421. The number of fused-ring (bicyclic) bond motifs is 1. The third-order valence-electron chi connectivity index (χ3n) is 3.50. The molecule has 1 aliphatic heterocycles. The first-order chi connectivity index (χ1) is 10.3. The molecule has 0 spiro atoms. The Morgan fingerprint density at radius 2 is 2.38 bits per heavy atom. The van der Waals surface area contributed by atoms with Gasteiger partial charge in [0, 0.05) is 24.5 Å². The summed E-state index contributed by atoms with van der Waals surface area (Å²) in [5.74, 6) is 0.621. The standard InChI is InChI=1S/C15H18N4OS/c1-2-5-17-14-9-16-8-12(18-14)15(20)19-6-3-13-11(10-19)4-7-21-13/h4,7-9H,2-3,5-6,10H2,1H3,(H,17,18). The lowest BCUT2D eigenvalue weighted by atomic mass is 10.1. The Morgan fingerprint density at radius 1 is 1.48 bits per heavy atom. The molecule has 5 nitrogen and oxygen atoms in total. The molecular formula is C15H18N4OS. The first-order valence-corrected chi connectivity index (χ1v) is 8.06. The van der Waals surface area contributed by atoms with Crippen molar-refractivity contribution < 1.29 is 4.79 Å². The second-order valence-corrected chi connectivity index (χ2v) is 6.06. The molecule has 1 aliphatic rings. The van der Waals surface area contributed by atoms with Crippen LogP contribution in [-0.2, 0) is 13.0 Å². The average molecular weight is 302 g/mol. The molecule has 1 N–H and O–H groups in total. The summed E-state index contributed by atoms with van der Waals surface area (Å²) >= 11 is 1.77. The van der Waals surface area contributed by atoms with E-state index in [1.54, 1.807) is 23.7 Å². The van der Waals surface area contributed by atoms with Crippen molar-refractivity contribution in [2.45, 2.75) is 26.3 Å². The van der Waals surface area contributed by atoms with Crippen LogP contribution in [-0.4, -0.2) is 33.9 Å². The number of thiophene rings is 1. The van der Waals surface area contributed by atoms with E-state index in [1.165, 1.54) is 10.4 Å². The smallest absolute Gasteiger partial charge is 0.274 e. The molecule has 0 saturated carbocycles. The lowest BCUT2D eigenvalue weighted by molar-refractivity contribution is 0.0729. The van der Waals surface area contributed by atoms with E-state index in [-0.39, 0.29) is 5.91 Å². The highest BCUT2D eigenvalue weighted by molar-refractivity contribution is 7.10. The molecule has 3 rings (SSSR count). The largest absolute Gasteiger partial charge is 0.369 e. The third kappa shape index (κ3) is 3.05. The maximum absolute atomic E-state index is 12.6. The average Bonchev–Trinajstić information content (AvgIpc) is 3.00. The van der Waals surface area contributed by atoms with Crippen molar-refractivity contribution in [1.29, 1.82) is 0 Å². The summed E-state index contributed by atoms with van der Waals surface area (Å²) < 4.78 is 0. The number of hydrogen-bond acceptors (Lipinski definition) is 5. The molecule has 110 valence electrons. The van der Waals surface area contributed by atoms with E-state index in [9.17, 15) is 4.79 Å². The van der Waals surface area contributed by atoms with Gasteiger partial charge in [-0.3, -0.25) is 9.78 Å². The molecule has 0 saturated heterocycles. The summed E-state index contributed by atoms with van der Waals surface area (Å²) in [6.07, 6.45) is 5.13. The van der Waals surface area contributed by atoms with Crippen LogP contribution >= 0.6 is 11.3 Å². The van der Waals surface area contributed by atoms with Gasteiger partial charge in [-0.2, -0.15) is 0 Å². The molecule has 21 heavy (non-hydrogen) atoms. The van der Waals surface area contributed by atoms with Crippen molar-refractivity contribution in [3.05, 3.63) is 40.0 Å². The van der Waals surface area contributed by atoms with Gasteiger partial charge in [-0.1, -0.05) is 6.92 Å². The van der Waals surface area contributed by atoms with Crippen LogP contribution in [0.4, 0.5) is 5.82 Å². The molecule has 3 heterocycles. The molecule has 2 aromatic rings. The van der Waals surface area contributed by atoms with E-state index in [4.69, 9.17) is 0 Å². The molecule has 0 atom stereocenters. The van der Waals surface area contributed by atoms with Gasteiger partial charge in [0.2, 0.25) is 0 Å². The van der Waals surface area contributed by atoms with Gasteiger partial charge in [-0.15, -0.1) is 11.3 Å². The Kier molecular flexibility index (Phi) is 4.15. The van der Waals surface area contributed by atoms with Crippen molar-refractivity contribution in [2.75, 3.05) is 18.4 Å². The zero-order chi connectivity index (χ0) is 14.7. The summed E-state index contributed by atoms with van der Waals surface area (Å²) in [6, 6.07) is 2.10. The molecule has 0 unspecified atom stereocenters. The van der Waals surface area contributed by atoms with Crippen LogP contribution in [0.5, 0.6) is 0 Å². The number of nitrogens with zero attached hydrogens (tertiary/aromatic N) is 3. The number of anilines is 1. The number of nitrogens with one attached hydrogen (secondary N) is 1. The highest BCUT2D eigenvalue weighted by atomic mass is 32.1. The maximum Gasteiger partial charge on any atom is 0.274 e. The van der Waals surface area contributed by atoms with Gasteiger partial charge in [0.25, 0.3) is 5.91 Å². The van der Waals surface area contributed by atoms with E-state index >= 15 is 0 Å². The molecule has 6 heteroatoms. The van der Waals surface area contributed by atoms with Crippen molar-refractivity contribution in [2.24, 2.45) is 0 Å². The van der Waals surface area contributed by atoms with E-state index in [0.717, 1.165) is 25.9 Å². The predicted molar refractivity (Wildman–Crippen MR) is 83.6 cm³/mol. The van der Waals surface area contributed by atoms with Crippen molar-refractivity contribution in [3.63, 3.8) is 0 Å². The molecule has 2 aromatic heterocycles. The number of carbonyl (C=O) groups is 1. The van der Waals surface area contributed by atoms with Crippen LogP contribution in [0.15, 0.2) is 23.8 Å². The molecule has 0 radical (unpaired) electrons. The maximum atomic E-state index is 12.6. The third-order valence-corrected chi connectivity index (χ3v) is 4.53. The fourth-order valence-corrected chi connectivity index (χ4v) is 3.28. The molecule has 0 bridgehead atoms. The second-order valence-electron chi connectivity index (χ2n) is 5.06. The quantitative estimate of drug-likeness (QED) is 0.943. The Labute approximate surface area is 128 Å². The number of amides is 1. The van der Waals surface area contributed by atoms with Gasteiger partial charge < -0.3 is 10.2 Å². The second kappa shape index (κ2) is 6.22. The normalized spacial score (nSPS) is 13.9. The zero-order valence-electron chi connectivity index (χ0n) is 12.0. The Bertz CT molecular complexity index is 640. The van der Waals surface area contributed by atoms with Crippen molar-refractivity contribution in [1.82, 2.24) is 14.9 Å². The summed E-state index contributed by atoms with van der Waals surface area (Å²) in [6.45, 7) is 4.34. The van der Waals surface area contributed by atoms with Crippen LogP contribution in [0, 0.1) is 0 Å². The van der Waals surface area contributed by atoms with Gasteiger partial charge in [0.05, 0.1) is 12.4 Å². The highest BCUT2D eigenvalue weighted by Gasteiger charge is 2.23. The molecule has 0 aliphatic carbocycles. The van der Waals surface area contributed by atoms with Crippen LogP contribution in [0.1, 0.15) is 34.3 Å². The Hall–Kier alpha value is -1.95. The molecule has 0 fully saturated rings. The number of rotatable bonds is 4. The first-order valence-electron chi connectivity index (χ1n) is 7.18. The monoisotopic (exact) mass is 302 g/mol. The number of hydrogen-bond donors (Lipinski definition) is 1. The van der Waals surface area contributed by atoms with E-state index < -0.39 is 0 Å². The predicted octanol–water partition coefficient (Wildman–Crippen LogP) is 2.56. The highest BCUT2D eigenvalue weighted by Crippen LogP contribution is 2.24. The summed E-state index contributed by atoms with van der Waals surface area (Å²) in [5.41, 5.74) is 1.67. The Balaban J connectivity index is 1.73. The zero-order valence-corrected chi connectivity index (χ0v) is 12.8. The van der Waals surface area contributed by atoms with Crippen molar-refractivity contribution >= 4 is 23.1 Å². The lowest BCUT2D eigenvalue weighted by Crippen LogP contribution is -2.35. The Morgan fingerprint density at radius 3 is 3.24 bits per heavy atom. The van der Waals surface area contributed by atoms with Gasteiger partial charge in [-0.05, 0) is 29.9 Å². The van der Waals surface area contributed by atoms with Gasteiger partial charge in [-0.25, -0.2) is 4.98 Å². The fourth-order valence-electron chi connectivity index (χ4n) is 2.39. The topological polar surface area (TPSA) is 58.1 Å². The van der Waals surface area contributed by atoms with Gasteiger partial charge >= 0.3 is 0 Å². The first kappa shape index (κ1) is 14.0. The summed E-state index contributed by atoms with van der Waals surface area (Å²) in [4.78, 5) is 24.3. The lowest BCUT2D eigenvalue weighted by Gasteiger charge is -2.26. The van der Waals surface area contributed by atoms with E-state index in [1.807, 2.05) is 4.90 Å². The summed E-state index contributed by atoms with van der Waals surface area (Å²) in [5, 5.41) is 5.25. The minimum absolute atomic E-state index is 0.0421. The molecule has 1 amide bonds. The molecular weight excluding hydrogens is 284 g/mol. The van der Waals surface area contributed by atoms with E-state index in [2.05, 4.69) is 33.7 Å². The van der Waals surface area contributed by atoms with Crippen molar-refractivity contribution in [3.8, 4) is 0 Å². The minimum Gasteiger partial charge on any atom is -0.369 e. The van der Waals surface area contributed by atoms with Crippen LogP contribution < -0.4 is 5.32 Å². The van der Waals surface area contributed by atoms with Gasteiger partial charge in [0.1, 0.15) is 11.5 Å². The van der Waals surface area contributed by atoms with Crippen LogP contribution in [0.2, 0.25) is 0 Å². The van der Waals surface area contributed by atoms with Crippen LogP contribution in [0.25, 0.3) is 0 Å². The van der Waals surface area contributed by atoms with E-state index in [0.29, 0.717) is 18.1 Å². The number of aromatic nitrogens is 2. The molecule has 0 aromatic carbocycles. The summed E-state index contributed by atoms with van der Waals surface area (Å²) in [7, 11) is 0. The van der Waals surface area contributed by atoms with Crippen LogP contribution in [0.3, 0.4) is 0 Å². The fraction of sp³-hybridized carbons (Fsp3) is 0.400. The van der Waals surface area contributed by atoms with Gasteiger partial charge in [0.15, 0.2) is 0 Å². The SMILES string of the molecule is CCCNc1cncc(C(=O)N2CCc3sccc3C2)n1.